The molecule has 1 heterocycles. The second-order valence-electron chi connectivity index (χ2n) is 3.07. The predicted octanol–water partition coefficient (Wildman–Crippen LogP) is 2.27. The highest BCUT2D eigenvalue weighted by atomic mass is 127. The Morgan fingerprint density at radius 1 is 1.62 bits per heavy atom. The van der Waals surface area contributed by atoms with Gasteiger partial charge in [0.2, 0.25) is 0 Å². The van der Waals surface area contributed by atoms with Gasteiger partial charge >= 0.3 is 0 Å². The molecule has 0 bridgehead atoms. The molecule has 1 aromatic rings. The number of rotatable bonds is 3. The smallest absolute Gasteiger partial charge is 0.139 e. The summed E-state index contributed by atoms with van der Waals surface area (Å²) >= 11 is 2.25. The highest BCUT2D eigenvalue weighted by Gasteiger charge is 2.23. The summed E-state index contributed by atoms with van der Waals surface area (Å²) < 4.78 is 6.71. The van der Waals surface area contributed by atoms with Crippen LogP contribution < -0.4 is 10.1 Å². The monoisotopic (exact) mass is 290 g/mol. The van der Waals surface area contributed by atoms with E-state index in [1.165, 1.54) is 12.8 Å². The molecule has 1 aromatic heterocycles. The van der Waals surface area contributed by atoms with Gasteiger partial charge in [0, 0.05) is 7.05 Å². The maximum Gasteiger partial charge on any atom is 0.139 e. The van der Waals surface area contributed by atoms with Crippen molar-refractivity contribution in [2.24, 2.45) is 0 Å². The maximum absolute atomic E-state index is 5.61. The van der Waals surface area contributed by atoms with Crippen molar-refractivity contribution in [1.82, 2.24) is 4.98 Å². The van der Waals surface area contributed by atoms with Crippen molar-refractivity contribution in [3.05, 3.63) is 15.8 Å². The van der Waals surface area contributed by atoms with Crippen LogP contribution in [0.2, 0.25) is 0 Å². The van der Waals surface area contributed by atoms with Crippen LogP contribution in [0.3, 0.4) is 0 Å². The molecule has 0 spiro atoms. The Bertz CT molecular complexity index is 312. The van der Waals surface area contributed by atoms with Gasteiger partial charge in [-0.15, -0.1) is 0 Å². The minimum absolute atomic E-state index is 0.443. The number of nitrogens with one attached hydrogen (secondary N) is 1. The lowest BCUT2D eigenvalue weighted by Gasteiger charge is -2.06. The number of hydrogen-bond donors (Lipinski definition) is 1. The number of ether oxygens (including phenoxy) is 1. The van der Waals surface area contributed by atoms with E-state index in [0.29, 0.717) is 6.10 Å². The van der Waals surface area contributed by atoms with Crippen LogP contribution >= 0.6 is 22.6 Å². The molecule has 70 valence electrons. The van der Waals surface area contributed by atoms with Crippen molar-refractivity contribution in [2.75, 3.05) is 12.4 Å². The fraction of sp³-hybridized carbons (Fsp3) is 0.444. The quantitative estimate of drug-likeness (QED) is 0.867. The average Bonchev–Trinajstić information content (AvgIpc) is 2.89. The van der Waals surface area contributed by atoms with E-state index in [1.807, 2.05) is 13.1 Å². The molecule has 0 radical (unpaired) electrons. The van der Waals surface area contributed by atoms with Crippen LogP contribution in [0.1, 0.15) is 12.8 Å². The molecular formula is C9H11IN2O. The standard InChI is InChI=1S/C9H11IN2O/c1-11-9-8(10)4-7(5-12-9)13-6-2-3-6/h4-6H,2-3H2,1H3,(H,11,12). The number of aromatic nitrogens is 1. The Labute approximate surface area is 91.0 Å². The van der Waals surface area contributed by atoms with Gasteiger partial charge in [0.25, 0.3) is 0 Å². The normalized spacial score (nSPS) is 15.5. The van der Waals surface area contributed by atoms with Gasteiger partial charge in [-0.2, -0.15) is 0 Å². The van der Waals surface area contributed by atoms with Gasteiger partial charge in [-0.1, -0.05) is 0 Å². The van der Waals surface area contributed by atoms with Crippen LogP contribution in [-0.4, -0.2) is 18.1 Å². The minimum Gasteiger partial charge on any atom is -0.489 e. The second kappa shape index (κ2) is 3.69. The molecular weight excluding hydrogens is 279 g/mol. The first-order valence-corrected chi connectivity index (χ1v) is 5.37. The van der Waals surface area contributed by atoms with Crippen LogP contribution in [0.5, 0.6) is 5.75 Å². The largest absolute Gasteiger partial charge is 0.489 e. The molecule has 2 rings (SSSR count). The molecule has 1 aliphatic rings. The molecule has 0 aromatic carbocycles. The van der Waals surface area contributed by atoms with Crippen molar-refractivity contribution in [3.63, 3.8) is 0 Å². The lowest BCUT2D eigenvalue weighted by Crippen LogP contribution is -1.99. The molecule has 0 atom stereocenters. The van der Waals surface area contributed by atoms with E-state index < -0.39 is 0 Å². The van der Waals surface area contributed by atoms with E-state index in [9.17, 15) is 0 Å². The van der Waals surface area contributed by atoms with Crippen LogP contribution in [0.4, 0.5) is 5.82 Å². The van der Waals surface area contributed by atoms with Crippen LogP contribution in [0.25, 0.3) is 0 Å². The van der Waals surface area contributed by atoms with E-state index >= 15 is 0 Å². The van der Waals surface area contributed by atoms with Gasteiger partial charge in [-0.05, 0) is 41.5 Å². The highest BCUT2D eigenvalue weighted by molar-refractivity contribution is 14.1. The van der Waals surface area contributed by atoms with Crippen molar-refractivity contribution in [1.29, 1.82) is 0 Å². The Morgan fingerprint density at radius 2 is 2.38 bits per heavy atom. The Balaban J connectivity index is 2.13. The molecule has 3 nitrogen and oxygen atoms in total. The molecule has 0 aliphatic heterocycles. The third kappa shape index (κ3) is 2.24. The Hall–Kier alpha value is -0.520. The molecule has 0 amide bonds. The molecule has 1 fully saturated rings. The van der Waals surface area contributed by atoms with Crippen molar-refractivity contribution < 1.29 is 4.74 Å². The average molecular weight is 290 g/mol. The zero-order chi connectivity index (χ0) is 9.26. The fourth-order valence-corrected chi connectivity index (χ4v) is 1.76. The summed E-state index contributed by atoms with van der Waals surface area (Å²) in [6, 6.07) is 2.01. The second-order valence-corrected chi connectivity index (χ2v) is 4.23. The van der Waals surface area contributed by atoms with E-state index in [0.717, 1.165) is 15.1 Å². The molecule has 1 N–H and O–H groups in total. The third-order valence-electron chi connectivity index (χ3n) is 1.88. The van der Waals surface area contributed by atoms with Gasteiger partial charge < -0.3 is 10.1 Å². The summed E-state index contributed by atoms with van der Waals surface area (Å²) in [5.41, 5.74) is 0. The van der Waals surface area contributed by atoms with Crippen LogP contribution in [-0.2, 0) is 0 Å². The molecule has 4 heteroatoms. The number of halogens is 1. The minimum atomic E-state index is 0.443. The summed E-state index contributed by atoms with van der Waals surface area (Å²) in [4.78, 5) is 4.23. The summed E-state index contributed by atoms with van der Waals surface area (Å²) in [6.07, 6.45) is 4.58. The van der Waals surface area contributed by atoms with E-state index in [2.05, 4.69) is 32.9 Å². The first-order valence-electron chi connectivity index (χ1n) is 4.29. The van der Waals surface area contributed by atoms with E-state index in [1.54, 1.807) is 6.20 Å². The van der Waals surface area contributed by atoms with Gasteiger partial charge in [0.15, 0.2) is 0 Å². The summed E-state index contributed by atoms with van der Waals surface area (Å²) in [7, 11) is 1.87. The Kier molecular flexibility index (Phi) is 2.57. The molecule has 0 unspecified atom stereocenters. The van der Waals surface area contributed by atoms with Gasteiger partial charge in [-0.25, -0.2) is 4.98 Å². The van der Waals surface area contributed by atoms with E-state index in [4.69, 9.17) is 4.74 Å². The topological polar surface area (TPSA) is 34.2 Å². The number of nitrogens with zero attached hydrogens (tertiary/aromatic N) is 1. The molecule has 1 saturated carbocycles. The first kappa shape index (κ1) is 9.05. The summed E-state index contributed by atoms with van der Waals surface area (Å²) in [5.74, 6) is 1.79. The predicted molar refractivity (Wildman–Crippen MR) is 60.2 cm³/mol. The number of anilines is 1. The zero-order valence-corrected chi connectivity index (χ0v) is 9.54. The first-order chi connectivity index (χ1) is 6.29. The van der Waals surface area contributed by atoms with Crippen LogP contribution in [0.15, 0.2) is 12.3 Å². The molecule has 0 saturated heterocycles. The Morgan fingerprint density at radius 3 is 2.92 bits per heavy atom. The van der Waals surface area contributed by atoms with Crippen molar-refractivity contribution >= 4 is 28.4 Å². The lowest BCUT2D eigenvalue weighted by atomic mass is 10.4. The molecule has 1 aliphatic carbocycles. The summed E-state index contributed by atoms with van der Waals surface area (Å²) in [6.45, 7) is 0. The summed E-state index contributed by atoms with van der Waals surface area (Å²) in [5, 5.41) is 3.02. The third-order valence-corrected chi connectivity index (χ3v) is 2.70. The van der Waals surface area contributed by atoms with Crippen molar-refractivity contribution in [3.8, 4) is 5.75 Å². The highest BCUT2D eigenvalue weighted by Crippen LogP contribution is 2.28. The fourth-order valence-electron chi connectivity index (χ4n) is 1.05. The van der Waals surface area contributed by atoms with Gasteiger partial charge in [0.05, 0.1) is 15.9 Å². The van der Waals surface area contributed by atoms with Crippen molar-refractivity contribution in [2.45, 2.75) is 18.9 Å². The lowest BCUT2D eigenvalue weighted by molar-refractivity contribution is 0.302. The van der Waals surface area contributed by atoms with Gasteiger partial charge in [-0.3, -0.25) is 0 Å². The number of hydrogen-bond acceptors (Lipinski definition) is 3. The van der Waals surface area contributed by atoms with E-state index in [-0.39, 0.29) is 0 Å². The zero-order valence-electron chi connectivity index (χ0n) is 7.38. The maximum atomic E-state index is 5.61. The number of pyridine rings is 1. The van der Waals surface area contributed by atoms with Crippen LogP contribution in [0, 0.1) is 3.57 Å². The van der Waals surface area contributed by atoms with Gasteiger partial charge in [0.1, 0.15) is 11.6 Å². The SMILES string of the molecule is CNc1ncc(OC2CC2)cc1I. The molecule has 13 heavy (non-hydrogen) atoms.